The van der Waals surface area contributed by atoms with Crippen molar-refractivity contribution >= 4 is 28.9 Å². The number of hydrogen-bond donors (Lipinski definition) is 1. The number of carbonyl (C=O) groups excluding carboxylic acids is 1. The molecule has 1 fully saturated rings. The van der Waals surface area contributed by atoms with E-state index < -0.39 is 0 Å². The van der Waals surface area contributed by atoms with Gasteiger partial charge in [0.1, 0.15) is 0 Å². The van der Waals surface area contributed by atoms with Crippen LogP contribution in [-0.2, 0) is 4.79 Å². The van der Waals surface area contributed by atoms with E-state index in [0.29, 0.717) is 24.5 Å². The molecule has 0 bridgehead atoms. The Morgan fingerprint density at radius 1 is 1.47 bits per heavy atom. The van der Waals surface area contributed by atoms with Gasteiger partial charge in [-0.3, -0.25) is 4.79 Å². The number of alkyl halides is 1. The molecule has 1 aliphatic heterocycles. The monoisotopic (exact) mass is 252 g/mol. The lowest BCUT2D eigenvalue weighted by atomic mass is 10.1. The van der Waals surface area contributed by atoms with Crippen molar-refractivity contribution in [1.82, 2.24) is 0 Å². The lowest BCUT2D eigenvalue weighted by Gasteiger charge is -2.22. The van der Waals surface area contributed by atoms with E-state index in [1.165, 1.54) is 0 Å². The van der Waals surface area contributed by atoms with Gasteiger partial charge in [-0.1, -0.05) is 6.07 Å². The van der Waals surface area contributed by atoms with E-state index in [9.17, 15) is 4.79 Å². The molecule has 1 aromatic rings. The Labute approximate surface area is 107 Å². The summed E-state index contributed by atoms with van der Waals surface area (Å²) in [5.74, 6) is 0.882. The summed E-state index contributed by atoms with van der Waals surface area (Å²) in [4.78, 5) is 13.8. The molecule has 92 valence electrons. The smallest absolute Gasteiger partial charge is 0.227 e. The van der Waals surface area contributed by atoms with Gasteiger partial charge in [-0.05, 0) is 37.0 Å². The maximum Gasteiger partial charge on any atom is 0.227 e. The zero-order chi connectivity index (χ0) is 12.6. The minimum Gasteiger partial charge on any atom is -0.397 e. The zero-order valence-electron chi connectivity index (χ0n) is 10.2. The molecule has 1 aliphatic rings. The van der Waals surface area contributed by atoms with Crippen LogP contribution in [0.1, 0.15) is 17.5 Å². The minimum atomic E-state index is 0.121. The van der Waals surface area contributed by atoms with Crippen LogP contribution >= 0.6 is 11.6 Å². The van der Waals surface area contributed by atoms with Crippen molar-refractivity contribution < 1.29 is 4.79 Å². The standard InChI is InChI=1S/C13H17ClN2O/c1-8-3-4-11(15)13(9(8)2)16-7-10(6-14)5-12(16)17/h3-4,10H,5-7,15H2,1-2H3. The second-order valence-electron chi connectivity index (χ2n) is 4.67. The van der Waals surface area contributed by atoms with Crippen molar-refractivity contribution in [2.45, 2.75) is 20.3 Å². The molecular weight excluding hydrogens is 236 g/mol. The van der Waals surface area contributed by atoms with Gasteiger partial charge in [-0.15, -0.1) is 11.6 Å². The zero-order valence-corrected chi connectivity index (χ0v) is 10.9. The molecule has 1 unspecified atom stereocenters. The van der Waals surface area contributed by atoms with Gasteiger partial charge in [-0.25, -0.2) is 0 Å². The Hall–Kier alpha value is -1.22. The molecule has 2 rings (SSSR count). The number of rotatable bonds is 2. The van der Waals surface area contributed by atoms with Gasteiger partial charge in [0, 0.05) is 18.8 Å². The van der Waals surface area contributed by atoms with E-state index in [-0.39, 0.29) is 11.8 Å². The fourth-order valence-corrected chi connectivity index (χ4v) is 2.49. The SMILES string of the molecule is Cc1ccc(N)c(N2CC(CCl)CC2=O)c1C. The summed E-state index contributed by atoms with van der Waals surface area (Å²) in [6, 6.07) is 3.84. The van der Waals surface area contributed by atoms with Crippen molar-refractivity contribution in [2.75, 3.05) is 23.1 Å². The molecule has 4 heteroatoms. The highest BCUT2D eigenvalue weighted by atomic mass is 35.5. The van der Waals surface area contributed by atoms with Crippen LogP contribution in [0.2, 0.25) is 0 Å². The summed E-state index contributed by atoms with van der Waals surface area (Å²) in [5.41, 5.74) is 9.75. The van der Waals surface area contributed by atoms with Crippen molar-refractivity contribution in [1.29, 1.82) is 0 Å². The number of carbonyl (C=O) groups is 1. The second-order valence-corrected chi connectivity index (χ2v) is 4.98. The van der Waals surface area contributed by atoms with Gasteiger partial charge < -0.3 is 10.6 Å². The first-order chi connectivity index (χ1) is 8.04. The maximum absolute atomic E-state index is 12.0. The van der Waals surface area contributed by atoms with Crippen LogP contribution in [0.5, 0.6) is 0 Å². The lowest BCUT2D eigenvalue weighted by molar-refractivity contribution is -0.117. The fourth-order valence-electron chi connectivity index (χ4n) is 2.28. The summed E-state index contributed by atoms with van der Waals surface area (Å²) in [6.07, 6.45) is 0.524. The molecule has 0 spiro atoms. The average Bonchev–Trinajstić information content (AvgIpc) is 2.66. The largest absolute Gasteiger partial charge is 0.397 e. The molecule has 0 aromatic heterocycles. The number of benzene rings is 1. The summed E-state index contributed by atoms with van der Waals surface area (Å²) in [7, 11) is 0. The van der Waals surface area contributed by atoms with E-state index >= 15 is 0 Å². The van der Waals surface area contributed by atoms with Crippen LogP contribution in [0, 0.1) is 19.8 Å². The van der Waals surface area contributed by atoms with Crippen LogP contribution in [-0.4, -0.2) is 18.3 Å². The van der Waals surface area contributed by atoms with Crippen LogP contribution in [0.25, 0.3) is 0 Å². The normalized spacial score (nSPS) is 20.1. The number of amides is 1. The van der Waals surface area contributed by atoms with E-state index in [1.54, 1.807) is 4.90 Å². The van der Waals surface area contributed by atoms with Gasteiger partial charge in [0.25, 0.3) is 0 Å². The topological polar surface area (TPSA) is 46.3 Å². The molecule has 3 nitrogen and oxygen atoms in total. The number of nitrogens with two attached hydrogens (primary N) is 1. The summed E-state index contributed by atoms with van der Waals surface area (Å²) < 4.78 is 0. The second kappa shape index (κ2) is 4.57. The molecule has 17 heavy (non-hydrogen) atoms. The summed E-state index contributed by atoms with van der Waals surface area (Å²) in [5, 5.41) is 0. The molecule has 0 radical (unpaired) electrons. The molecule has 2 N–H and O–H groups in total. The molecule has 1 amide bonds. The van der Waals surface area contributed by atoms with E-state index in [0.717, 1.165) is 16.8 Å². The minimum absolute atomic E-state index is 0.121. The molecule has 1 atom stereocenters. The number of anilines is 2. The van der Waals surface area contributed by atoms with Crippen LogP contribution < -0.4 is 10.6 Å². The number of hydrogen-bond acceptors (Lipinski definition) is 2. The first-order valence-electron chi connectivity index (χ1n) is 5.76. The van der Waals surface area contributed by atoms with Crippen LogP contribution in [0.3, 0.4) is 0 Å². The highest BCUT2D eigenvalue weighted by Gasteiger charge is 2.31. The van der Waals surface area contributed by atoms with Gasteiger partial charge in [-0.2, -0.15) is 0 Å². The maximum atomic E-state index is 12.0. The Bertz CT molecular complexity index is 459. The number of halogens is 1. The average molecular weight is 253 g/mol. The Morgan fingerprint density at radius 2 is 2.18 bits per heavy atom. The third kappa shape index (κ3) is 2.12. The van der Waals surface area contributed by atoms with Gasteiger partial charge in [0.05, 0.1) is 11.4 Å². The predicted molar refractivity (Wildman–Crippen MR) is 71.5 cm³/mol. The number of aryl methyl sites for hydroxylation is 1. The predicted octanol–water partition coefficient (Wildman–Crippen LogP) is 2.48. The Kier molecular flexibility index (Phi) is 3.29. The van der Waals surface area contributed by atoms with Crippen molar-refractivity contribution in [3.63, 3.8) is 0 Å². The van der Waals surface area contributed by atoms with Gasteiger partial charge in [0.2, 0.25) is 5.91 Å². The van der Waals surface area contributed by atoms with E-state index in [4.69, 9.17) is 17.3 Å². The molecule has 0 aliphatic carbocycles. The van der Waals surface area contributed by atoms with Gasteiger partial charge >= 0.3 is 0 Å². The highest BCUT2D eigenvalue weighted by molar-refractivity contribution is 6.18. The quantitative estimate of drug-likeness (QED) is 0.649. The molecule has 1 aromatic carbocycles. The van der Waals surface area contributed by atoms with E-state index in [1.807, 2.05) is 26.0 Å². The molecule has 0 saturated carbocycles. The molecule has 1 saturated heterocycles. The third-order valence-corrected chi connectivity index (χ3v) is 3.86. The first-order valence-corrected chi connectivity index (χ1v) is 6.30. The Morgan fingerprint density at radius 3 is 2.76 bits per heavy atom. The number of nitrogens with zero attached hydrogens (tertiary/aromatic N) is 1. The highest BCUT2D eigenvalue weighted by Crippen LogP contribution is 2.34. The van der Waals surface area contributed by atoms with Crippen molar-refractivity contribution in [2.24, 2.45) is 5.92 Å². The summed E-state index contributed by atoms with van der Waals surface area (Å²) >= 11 is 5.83. The Balaban J connectivity index is 2.41. The lowest BCUT2D eigenvalue weighted by Crippen LogP contribution is -2.26. The third-order valence-electron chi connectivity index (χ3n) is 3.43. The molecular formula is C13H17ClN2O. The van der Waals surface area contributed by atoms with Crippen molar-refractivity contribution in [3.8, 4) is 0 Å². The first kappa shape index (κ1) is 12.2. The van der Waals surface area contributed by atoms with Crippen molar-refractivity contribution in [3.05, 3.63) is 23.3 Å². The van der Waals surface area contributed by atoms with Crippen LogP contribution in [0.4, 0.5) is 11.4 Å². The van der Waals surface area contributed by atoms with E-state index in [2.05, 4.69) is 0 Å². The molecule has 1 heterocycles. The summed E-state index contributed by atoms with van der Waals surface area (Å²) in [6.45, 7) is 4.71. The van der Waals surface area contributed by atoms with Crippen LogP contribution in [0.15, 0.2) is 12.1 Å². The fraction of sp³-hybridized carbons (Fsp3) is 0.462. The number of nitrogen functional groups attached to an aromatic ring is 1. The van der Waals surface area contributed by atoms with Gasteiger partial charge in [0.15, 0.2) is 0 Å².